The molecule has 2 nitrogen and oxygen atoms in total. The summed E-state index contributed by atoms with van der Waals surface area (Å²) in [5.41, 5.74) is 0. The first-order valence-corrected chi connectivity index (χ1v) is 2.37. The molecule has 0 aromatic carbocycles. The maximum atomic E-state index is 9.70. The Kier molecular flexibility index (Phi) is 3.69. The fourth-order valence-corrected chi connectivity index (χ4v) is 0.290. The van der Waals surface area contributed by atoms with Crippen LogP contribution in [0.5, 0.6) is 0 Å². The fraction of sp³-hybridized carbons (Fsp3) is 0.500. The molecule has 8 heavy (non-hydrogen) atoms. The molecule has 2 heteroatoms. The Labute approximate surface area is 48.5 Å². The van der Waals surface area contributed by atoms with Crippen LogP contribution in [-0.4, -0.2) is 5.97 Å². The van der Waals surface area contributed by atoms with E-state index in [1.165, 1.54) is 0 Å². The lowest BCUT2D eigenvalue weighted by atomic mass is 10.3. The summed E-state index contributed by atoms with van der Waals surface area (Å²) in [5, 5.41) is 9.70. The number of carbonyl (C=O) groups is 1. The van der Waals surface area contributed by atoms with Gasteiger partial charge in [0.05, 0.1) is 6.42 Å². The average Bonchev–Trinajstić information content (AvgIpc) is 1.66. The van der Waals surface area contributed by atoms with Gasteiger partial charge >= 0.3 is 5.97 Å². The number of rotatable bonds is 2. The summed E-state index contributed by atoms with van der Waals surface area (Å²) in [7, 11) is 0. The van der Waals surface area contributed by atoms with Crippen LogP contribution in [0.1, 0.15) is 19.8 Å². The van der Waals surface area contributed by atoms with Crippen LogP contribution in [0, 0.1) is 11.8 Å². The minimum Gasteiger partial charge on any atom is -0.247 e. The van der Waals surface area contributed by atoms with Crippen molar-refractivity contribution in [1.29, 1.82) is 0 Å². The summed E-state index contributed by atoms with van der Waals surface area (Å²) in [6.45, 7) is 1.68. The molecule has 0 aromatic heterocycles. The van der Waals surface area contributed by atoms with Gasteiger partial charge in [0.25, 0.3) is 0 Å². The Morgan fingerprint density at radius 1 is 1.62 bits per heavy atom. The predicted molar refractivity (Wildman–Crippen MR) is 28.4 cm³/mol. The van der Waals surface area contributed by atoms with Gasteiger partial charge in [-0.1, -0.05) is 0 Å². The topological polar surface area (TPSA) is 37.0 Å². The van der Waals surface area contributed by atoms with Crippen molar-refractivity contribution in [1.82, 2.24) is 0 Å². The van der Waals surface area contributed by atoms with Gasteiger partial charge in [-0.25, -0.2) is 9.90 Å². The van der Waals surface area contributed by atoms with Crippen LogP contribution in [0.25, 0.3) is 0 Å². The van der Waals surface area contributed by atoms with Gasteiger partial charge in [-0.15, -0.1) is 11.8 Å². The van der Waals surface area contributed by atoms with E-state index in [0.29, 0.717) is 6.42 Å². The Hall–Kier alpha value is -0.970. The second kappa shape index (κ2) is 4.20. The van der Waals surface area contributed by atoms with Gasteiger partial charge in [-0.05, 0) is 6.92 Å². The van der Waals surface area contributed by atoms with E-state index < -0.39 is 5.97 Å². The van der Waals surface area contributed by atoms with Crippen LogP contribution < -0.4 is 0 Å². The summed E-state index contributed by atoms with van der Waals surface area (Å²) in [6.07, 6.45) is 0.444. The zero-order valence-corrected chi connectivity index (χ0v) is 4.73. The minimum absolute atomic E-state index is 0.0425. The third-order valence-electron chi connectivity index (χ3n) is 0.631. The molecule has 0 aliphatic rings. The van der Waals surface area contributed by atoms with Gasteiger partial charge in [0.1, 0.15) is 0 Å². The molecule has 0 N–H and O–H groups in total. The van der Waals surface area contributed by atoms with E-state index in [2.05, 4.69) is 11.8 Å². The molecule has 0 saturated heterocycles. The third kappa shape index (κ3) is 5.03. The molecule has 0 rings (SSSR count). The summed E-state index contributed by atoms with van der Waals surface area (Å²) in [5.74, 6) is 4.16. The van der Waals surface area contributed by atoms with Crippen LogP contribution in [-0.2, 0) is 9.90 Å². The molecule has 0 atom stereocenters. The SMILES string of the molecule is CC#CCCC([O])=O. The highest BCUT2D eigenvalue weighted by Gasteiger charge is 1.93. The van der Waals surface area contributed by atoms with Gasteiger partial charge in [0.2, 0.25) is 0 Å². The first-order valence-electron chi connectivity index (χ1n) is 2.37. The van der Waals surface area contributed by atoms with Crippen molar-refractivity contribution < 1.29 is 9.90 Å². The molecular weight excluding hydrogens is 104 g/mol. The maximum Gasteiger partial charge on any atom is 0.356 e. The van der Waals surface area contributed by atoms with Crippen molar-refractivity contribution >= 4 is 5.97 Å². The van der Waals surface area contributed by atoms with E-state index in [0.717, 1.165) is 0 Å². The Bertz CT molecular complexity index is 127. The fourth-order valence-electron chi connectivity index (χ4n) is 0.290. The minimum atomic E-state index is -1.03. The molecule has 0 aliphatic heterocycles. The molecule has 0 aromatic rings. The molecule has 0 aliphatic carbocycles. The van der Waals surface area contributed by atoms with Crippen LogP contribution in [0.3, 0.4) is 0 Å². The lowest BCUT2D eigenvalue weighted by molar-refractivity contribution is -0.142. The van der Waals surface area contributed by atoms with Crippen molar-refractivity contribution in [2.24, 2.45) is 0 Å². The zero-order valence-electron chi connectivity index (χ0n) is 4.73. The normalized spacial score (nSPS) is 7.12. The van der Waals surface area contributed by atoms with Gasteiger partial charge in [0.15, 0.2) is 0 Å². The number of hydrogen-bond donors (Lipinski definition) is 0. The lowest BCUT2D eigenvalue weighted by Crippen LogP contribution is -1.88. The number of carbonyl (C=O) groups excluding carboxylic acids is 1. The highest BCUT2D eigenvalue weighted by molar-refractivity contribution is 5.66. The molecule has 0 heterocycles. The molecule has 1 radical (unpaired) electrons. The predicted octanol–water partition coefficient (Wildman–Crippen LogP) is 0.747. The van der Waals surface area contributed by atoms with Crippen molar-refractivity contribution in [2.75, 3.05) is 0 Å². The van der Waals surface area contributed by atoms with Gasteiger partial charge < -0.3 is 0 Å². The van der Waals surface area contributed by atoms with E-state index in [9.17, 15) is 9.90 Å². The first-order chi connectivity index (χ1) is 3.77. The molecule has 0 spiro atoms. The lowest BCUT2D eigenvalue weighted by Gasteiger charge is -1.77. The van der Waals surface area contributed by atoms with E-state index in [1.807, 2.05) is 0 Å². The van der Waals surface area contributed by atoms with Crippen LogP contribution in [0.2, 0.25) is 0 Å². The molecule has 43 valence electrons. The third-order valence-corrected chi connectivity index (χ3v) is 0.631. The quantitative estimate of drug-likeness (QED) is 0.484. The van der Waals surface area contributed by atoms with Crippen molar-refractivity contribution in [3.63, 3.8) is 0 Å². The smallest absolute Gasteiger partial charge is 0.247 e. The van der Waals surface area contributed by atoms with Crippen LogP contribution >= 0.6 is 0 Å². The average molecular weight is 111 g/mol. The second-order valence-electron chi connectivity index (χ2n) is 1.30. The van der Waals surface area contributed by atoms with E-state index in [-0.39, 0.29) is 6.42 Å². The van der Waals surface area contributed by atoms with Crippen LogP contribution in [0.15, 0.2) is 0 Å². The Morgan fingerprint density at radius 2 is 2.25 bits per heavy atom. The number of hydrogen-bond acceptors (Lipinski definition) is 1. The van der Waals surface area contributed by atoms with Gasteiger partial charge in [-0.2, -0.15) is 0 Å². The monoisotopic (exact) mass is 111 g/mol. The summed E-state index contributed by atoms with van der Waals surface area (Å²) in [6, 6.07) is 0. The second-order valence-corrected chi connectivity index (χ2v) is 1.30. The van der Waals surface area contributed by atoms with E-state index in [1.54, 1.807) is 6.92 Å². The molecule has 0 unspecified atom stereocenters. The standard InChI is InChI=1S/C6H7O2/c1-2-3-4-5-6(7)8/h4-5H2,1H3. The highest BCUT2D eigenvalue weighted by atomic mass is 16.4. The molecule has 0 amide bonds. The van der Waals surface area contributed by atoms with Gasteiger partial charge in [0, 0.05) is 6.42 Å². The molecule has 0 bridgehead atoms. The summed E-state index contributed by atoms with van der Waals surface area (Å²) in [4.78, 5) is 9.70. The van der Waals surface area contributed by atoms with Crippen molar-refractivity contribution in [2.45, 2.75) is 19.8 Å². The van der Waals surface area contributed by atoms with Crippen molar-refractivity contribution in [3.05, 3.63) is 0 Å². The zero-order chi connectivity index (χ0) is 6.41. The molecular formula is C6H7O2. The summed E-state index contributed by atoms with van der Waals surface area (Å²) < 4.78 is 0. The van der Waals surface area contributed by atoms with Crippen molar-refractivity contribution in [3.8, 4) is 11.8 Å². The van der Waals surface area contributed by atoms with E-state index >= 15 is 0 Å². The summed E-state index contributed by atoms with van der Waals surface area (Å²) >= 11 is 0. The molecule has 0 saturated carbocycles. The largest absolute Gasteiger partial charge is 0.356 e. The Balaban J connectivity index is 3.14. The van der Waals surface area contributed by atoms with Gasteiger partial charge in [-0.3, -0.25) is 0 Å². The molecule has 0 fully saturated rings. The van der Waals surface area contributed by atoms with E-state index in [4.69, 9.17) is 0 Å². The first kappa shape index (κ1) is 7.03. The van der Waals surface area contributed by atoms with Crippen LogP contribution in [0.4, 0.5) is 0 Å². The Morgan fingerprint density at radius 3 is 2.62 bits per heavy atom. The highest BCUT2D eigenvalue weighted by Crippen LogP contribution is 1.84. The maximum absolute atomic E-state index is 9.70.